The maximum absolute atomic E-state index is 11.6. The minimum Gasteiger partial charge on any atom is -0.349 e. The summed E-state index contributed by atoms with van der Waals surface area (Å²) in [4.78, 5) is 24.4. The molecular weight excluding hydrogens is 238 g/mol. The van der Waals surface area contributed by atoms with E-state index < -0.39 is 0 Å². The minimum atomic E-state index is 0.0704. The number of hydrogen-bond donors (Lipinski definition) is 0. The number of nitrogens with zero attached hydrogens (tertiary/aromatic N) is 1. The molecule has 0 aliphatic rings. The molecule has 3 nitrogen and oxygen atoms in total. The van der Waals surface area contributed by atoms with E-state index in [2.05, 4.69) is 0 Å². The number of amides is 1. The highest BCUT2D eigenvalue weighted by Crippen LogP contribution is 2.03. The van der Waals surface area contributed by atoms with Crippen LogP contribution in [-0.4, -0.2) is 30.7 Å². The Morgan fingerprint density at radius 1 is 1.11 bits per heavy atom. The van der Waals surface area contributed by atoms with Crippen molar-refractivity contribution in [3.8, 4) is 0 Å². The van der Waals surface area contributed by atoms with Crippen molar-refractivity contribution >= 4 is 11.7 Å². The van der Waals surface area contributed by atoms with Crippen LogP contribution in [0.25, 0.3) is 0 Å². The van der Waals surface area contributed by atoms with Crippen LogP contribution in [0.15, 0.2) is 42.5 Å². The lowest BCUT2D eigenvalue weighted by molar-refractivity contribution is -0.128. The van der Waals surface area contributed by atoms with Gasteiger partial charge in [-0.3, -0.25) is 9.59 Å². The number of carbonyl (C=O) groups is 2. The number of benzene rings is 1. The first kappa shape index (κ1) is 15.2. The highest BCUT2D eigenvalue weighted by molar-refractivity contribution is 5.89. The lowest BCUT2D eigenvalue weighted by atomic mass is 10.1. The summed E-state index contributed by atoms with van der Waals surface area (Å²) in [5, 5.41) is 0. The number of carbonyl (C=O) groups excluding carboxylic acids is 2. The third-order valence-corrected chi connectivity index (χ3v) is 2.81. The molecule has 1 aromatic carbocycles. The normalized spacial score (nSPS) is 10.6. The van der Waals surface area contributed by atoms with Crippen molar-refractivity contribution in [1.82, 2.24) is 4.90 Å². The van der Waals surface area contributed by atoms with Crippen molar-refractivity contribution in [1.29, 1.82) is 0 Å². The highest BCUT2D eigenvalue weighted by Gasteiger charge is 2.04. The predicted molar refractivity (Wildman–Crippen MR) is 76.8 cm³/mol. The first-order chi connectivity index (χ1) is 9.09. The van der Waals surface area contributed by atoms with Gasteiger partial charge < -0.3 is 4.90 Å². The summed E-state index contributed by atoms with van der Waals surface area (Å²) in [6.45, 7) is 0. The van der Waals surface area contributed by atoms with Crippen molar-refractivity contribution in [2.75, 3.05) is 14.1 Å². The molecule has 0 aliphatic carbocycles. The SMILES string of the molecule is CN(C)C(=O)CCCC(=O)/C=C/Cc1ccccc1. The van der Waals surface area contributed by atoms with Crippen LogP contribution < -0.4 is 0 Å². The standard InChI is InChI=1S/C16H21NO2/c1-17(2)16(19)13-7-12-15(18)11-6-10-14-8-4-3-5-9-14/h3-6,8-9,11H,7,10,12-13H2,1-2H3/b11-6+. The smallest absolute Gasteiger partial charge is 0.222 e. The molecule has 0 atom stereocenters. The average Bonchev–Trinajstić information content (AvgIpc) is 2.39. The molecule has 0 N–H and O–H groups in total. The fourth-order valence-electron chi connectivity index (χ4n) is 1.66. The fraction of sp³-hybridized carbons (Fsp3) is 0.375. The topological polar surface area (TPSA) is 37.4 Å². The summed E-state index contributed by atoms with van der Waals surface area (Å²) in [5.74, 6) is 0.156. The number of allylic oxidation sites excluding steroid dienone is 2. The zero-order valence-corrected chi connectivity index (χ0v) is 11.6. The lowest BCUT2D eigenvalue weighted by Crippen LogP contribution is -2.21. The van der Waals surface area contributed by atoms with Crippen molar-refractivity contribution < 1.29 is 9.59 Å². The molecule has 19 heavy (non-hydrogen) atoms. The van der Waals surface area contributed by atoms with Gasteiger partial charge >= 0.3 is 0 Å². The molecule has 0 unspecified atom stereocenters. The third kappa shape index (κ3) is 6.55. The quantitative estimate of drug-likeness (QED) is 0.706. The molecule has 1 aromatic rings. The first-order valence-electron chi connectivity index (χ1n) is 6.53. The Morgan fingerprint density at radius 2 is 1.79 bits per heavy atom. The second-order valence-electron chi connectivity index (χ2n) is 4.70. The van der Waals surface area contributed by atoms with Gasteiger partial charge in [0.15, 0.2) is 5.78 Å². The van der Waals surface area contributed by atoms with Crippen LogP contribution in [0.3, 0.4) is 0 Å². The number of ketones is 1. The summed E-state index contributed by atoms with van der Waals surface area (Å²) in [6, 6.07) is 10.0. The summed E-state index contributed by atoms with van der Waals surface area (Å²) < 4.78 is 0. The average molecular weight is 259 g/mol. The molecule has 0 bridgehead atoms. The van der Waals surface area contributed by atoms with Crippen molar-refractivity contribution in [2.24, 2.45) is 0 Å². The van der Waals surface area contributed by atoms with Gasteiger partial charge in [0.2, 0.25) is 5.91 Å². The van der Waals surface area contributed by atoms with Crippen LogP contribution in [0.5, 0.6) is 0 Å². The summed E-state index contributed by atoms with van der Waals surface area (Å²) in [6.07, 6.45) is 5.75. The van der Waals surface area contributed by atoms with Crippen LogP contribution in [0.4, 0.5) is 0 Å². The molecule has 0 saturated heterocycles. The lowest BCUT2D eigenvalue weighted by Gasteiger charge is -2.08. The van der Waals surface area contributed by atoms with E-state index >= 15 is 0 Å². The number of hydrogen-bond acceptors (Lipinski definition) is 2. The molecule has 0 spiro atoms. The molecular formula is C16H21NO2. The Morgan fingerprint density at radius 3 is 2.42 bits per heavy atom. The first-order valence-corrected chi connectivity index (χ1v) is 6.53. The van der Waals surface area contributed by atoms with Crippen LogP contribution in [0.1, 0.15) is 24.8 Å². The van der Waals surface area contributed by atoms with E-state index in [1.54, 1.807) is 25.1 Å². The third-order valence-electron chi connectivity index (χ3n) is 2.81. The van der Waals surface area contributed by atoms with Crippen LogP contribution in [-0.2, 0) is 16.0 Å². The van der Waals surface area contributed by atoms with Gasteiger partial charge in [-0.2, -0.15) is 0 Å². The monoisotopic (exact) mass is 259 g/mol. The van der Waals surface area contributed by atoms with Crippen LogP contribution in [0, 0.1) is 0 Å². The van der Waals surface area contributed by atoms with Crippen molar-refractivity contribution in [3.05, 3.63) is 48.0 Å². The molecule has 0 radical (unpaired) electrons. The van der Waals surface area contributed by atoms with Gasteiger partial charge in [0.25, 0.3) is 0 Å². The largest absolute Gasteiger partial charge is 0.349 e. The summed E-state index contributed by atoms with van der Waals surface area (Å²) >= 11 is 0. The summed E-state index contributed by atoms with van der Waals surface area (Å²) in [7, 11) is 3.45. The van der Waals surface area contributed by atoms with Gasteiger partial charge in [-0.05, 0) is 24.5 Å². The second-order valence-corrected chi connectivity index (χ2v) is 4.70. The maximum atomic E-state index is 11.6. The molecule has 1 amide bonds. The molecule has 1 rings (SSSR count). The van der Waals surface area contributed by atoms with Gasteiger partial charge in [-0.1, -0.05) is 36.4 Å². The zero-order chi connectivity index (χ0) is 14.1. The summed E-state index contributed by atoms with van der Waals surface area (Å²) in [5.41, 5.74) is 1.19. The van der Waals surface area contributed by atoms with E-state index in [9.17, 15) is 9.59 Å². The Balaban J connectivity index is 2.22. The van der Waals surface area contributed by atoms with Gasteiger partial charge in [-0.15, -0.1) is 0 Å². The van der Waals surface area contributed by atoms with E-state index in [0.29, 0.717) is 19.3 Å². The fourth-order valence-corrected chi connectivity index (χ4v) is 1.66. The second kappa shape index (κ2) is 8.25. The van der Waals surface area contributed by atoms with Crippen LogP contribution >= 0.6 is 0 Å². The molecule has 0 aromatic heterocycles. The van der Waals surface area contributed by atoms with E-state index in [-0.39, 0.29) is 11.7 Å². The zero-order valence-electron chi connectivity index (χ0n) is 11.6. The Bertz CT molecular complexity index is 435. The van der Waals surface area contributed by atoms with Gasteiger partial charge in [0.1, 0.15) is 0 Å². The molecule has 0 fully saturated rings. The Labute approximate surface area is 114 Å². The maximum Gasteiger partial charge on any atom is 0.222 e. The Hall–Kier alpha value is -1.90. The van der Waals surface area contributed by atoms with Gasteiger partial charge in [0, 0.05) is 26.9 Å². The van der Waals surface area contributed by atoms with E-state index in [1.807, 2.05) is 36.4 Å². The molecule has 0 saturated carbocycles. The highest BCUT2D eigenvalue weighted by atomic mass is 16.2. The predicted octanol–water partition coefficient (Wildman–Crippen LogP) is 2.61. The molecule has 3 heteroatoms. The molecule has 0 heterocycles. The molecule has 102 valence electrons. The van der Waals surface area contributed by atoms with Crippen molar-refractivity contribution in [3.63, 3.8) is 0 Å². The van der Waals surface area contributed by atoms with Gasteiger partial charge in [-0.25, -0.2) is 0 Å². The van der Waals surface area contributed by atoms with Crippen LogP contribution in [0.2, 0.25) is 0 Å². The van der Waals surface area contributed by atoms with E-state index in [4.69, 9.17) is 0 Å². The van der Waals surface area contributed by atoms with Crippen molar-refractivity contribution in [2.45, 2.75) is 25.7 Å². The number of rotatable bonds is 7. The molecule has 0 aliphatic heterocycles. The Kier molecular flexibility index (Phi) is 6.58. The van der Waals surface area contributed by atoms with Gasteiger partial charge in [0.05, 0.1) is 0 Å². The van der Waals surface area contributed by atoms with E-state index in [1.165, 1.54) is 5.56 Å². The minimum absolute atomic E-state index is 0.0704. The van der Waals surface area contributed by atoms with E-state index in [0.717, 1.165) is 6.42 Å².